The summed E-state index contributed by atoms with van der Waals surface area (Å²) in [6.45, 7) is 1.64. The van der Waals surface area contributed by atoms with E-state index in [1.807, 2.05) is 17.5 Å². The van der Waals surface area contributed by atoms with Crippen molar-refractivity contribution in [3.63, 3.8) is 0 Å². The number of nitrogens with one attached hydrogen (secondary N) is 3. The van der Waals surface area contributed by atoms with E-state index in [9.17, 15) is 27.6 Å². The number of alkyl halides is 3. The van der Waals surface area contributed by atoms with Gasteiger partial charge < -0.3 is 16.0 Å². The van der Waals surface area contributed by atoms with Crippen LogP contribution in [0.1, 0.15) is 27.7 Å². The number of halogens is 3. The molecular formula is C30H24F3N3O3S2. The summed E-state index contributed by atoms with van der Waals surface area (Å²) in [7, 11) is 0. The molecule has 0 spiro atoms. The lowest BCUT2D eigenvalue weighted by Crippen LogP contribution is -2.30. The number of carbonyl (C=O) groups is 3. The number of thiophene rings is 1. The molecule has 0 radical (unpaired) electrons. The fraction of sp³-hybridized carbons (Fsp3) is 0.100. The Morgan fingerprint density at radius 1 is 0.854 bits per heavy atom. The zero-order valence-electron chi connectivity index (χ0n) is 21.6. The van der Waals surface area contributed by atoms with Gasteiger partial charge in [0.1, 0.15) is 5.70 Å². The van der Waals surface area contributed by atoms with E-state index in [2.05, 4.69) is 16.0 Å². The van der Waals surface area contributed by atoms with E-state index in [-0.39, 0.29) is 11.4 Å². The predicted octanol–water partition coefficient (Wildman–Crippen LogP) is 7.30. The molecule has 0 aliphatic carbocycles. The predicted molar refractivity (Wildman–Crippen MR) is 157 cm³/mol. The molecule has 0 saturated heterocycles. The zero-order valence-corrected chi connectivity index (χ0v) is 23.2. The topological polar surface area (TPSA) is 87.3 Å². The maximum absolute atomic E-state index is 13.1. The minimum Gasteiger partial charge on any atom is -0.325 e. The molecule has 3 aromatic carbocycles. The Morgan fingerprint density at radius 3 is 2.24 bits per heavy atom. The quantitative estimate of drug-likeness (QED) is 0.140. The third-order valence-electron chi connectivity index (χ3n) is 5.61. The fourth-order valence-corrected chi connectivity index (χ4v) is 5.07. The first kappa shape index (κ1) is 29.6. The van der Waals surface area contributed by atoms with Crippen molar-refractivity contribution in [1.29, 1.82) is 0 Å². The van der Waals surface area contributed by atoms with Gasteiger partial charge in [-0.15, -0.1) is 23.1 Å². The first-order chi connectivity index (χ1) is 19.6. The number of anilines is 2. The number of carbonyl (C=O) groups excluding carboxylic acids is 3. The van der Waals surface area contributed by atoms with Gasteiger partial charge in [0.15, 0.2) is 0 Å². The molecule has 1 aromatic heterocycles. The highest BCUT2D eigenvalue weighted by Gasteiger charge is 2.30. The van der Waals surface area contributed by atoms with E-state index >= 15 is 0 Å². The van der Waals surface area contributed by atoms with Crippen molar-refractivity contribution in [2.24, 2.45) is 0 Å². The maximum atomic E-state index is 13.1. The van der Waals surface area contributed by atoms with Crippen LogP contribution < -0.4 is 16.0 Å². The highest BCUT2D eigenvalue weighted by Crippen LogP contribution is 2.31. The third kappa shape index (κ3) is 8.57. The van der Waals surface area contributed by atoms with E-state index < -0.39 is 34.7 Å². The minimum absolute atomic E-state index is 0.0566. The van der Waals surface area contributed by atoms with E-state index in [1.54, 1.807) is 67.6 Å². The van der Waals surface area contributed by atoms with Gasteiger partial charge in [-0.05, 0) is 79.0 Å². The number of rotatable bonds is 9. The second-order valence-corrected chi connectivity index (χ2v) is 11.1. The Labute approximate surface area is 242 Å². The Balaban J connectivity index is 1.38. The molecule has 11 heteroatoms. The molecule has 41 heavy (non-hydrogen) atoms. The molecule has 0 saturated carbocycles. The van der Waals surface area contributed by atoms with Gasteiger partial charge in [0.05, 0.1) is 10.8 Å². The van der Waals surface area contributed by atoms with Crippen LogP contribution in [0.3, 0.4) is 0 Å². The maximum Gasteiger partial charge on any atom is 0.416 e. The van der Waals surface area contributed by atoms with Gasteiger partial charge in [0, 0.05) is 26.7 Å². The van der Waals surface area contributed by atoms with Crippen LogP contribution in [0.4, 0.5) is 24.5 Å². The molecule has 1 atom stereocenters. The van der Waals surface area contributed by atoms with Gasteiger partial charge in [0.25, 0.3) is 11.8 Å². The normalized spacial score (nSPS) is 12.3. The number of thioether (sulfide) groups is 1. The first-order valence-electron chi connectivity index (χ1n) is 12.3. The zero-order chi connectivity index (χ0) is 29.4. The van der Waals surface area contributed by atoms with Crippen molar-refractivity contribution in [2.75, 3.05) is 10.6 Å². The standard InChI is InChI=1S/C30H24F3N3O3S2/c1-19(27(37)35-23-10-5-9-21(17-23)30(31,32)33)41-24-14-12-22(13-15-24)34-29(39)26(18-25-11-6-16-40-25)36-28(38)20-7-3-2-4-8-20/h2-19H,1H3,(H,34,39)(H,35,37)(H,36,38)/b26-18-. The average Bonchev–Trinajstić information content (AvgIpc) is 3.47. The third-order valence-corrected chi connectivity index (χ3v) is 7.54. The smallest absolute Gasteiger partial charge is 0.325 e. The molecule has 1 heterocycles. The summed E-state index contributed by atoms with van der Waals surface area (Å²) in [6, 6.07) is 23.4. The monoisotopic (exact) mass is 595 g/mol. The number of amides is 3. The molecule has 3 amide bonds. The van der Waals surface area contributed by atoms with Crippen molar-refractivity contribution >= 4 is 58.3 Å². The van der Waals surface area contributed by atoms with E-state index in [4.69, 9.17) is 0 Å². The number of hydrogen-bond donors (Lipinski definition) is 3. The Morgan fingerprint density at radius 2 is 1.59 bits per heavy atom. The van der Waals surface area contributed by atoms with Gasteiger partial charge in [-0.25, -0.2) is 0 Å². The van der Waals surface area contributed by atoms with E-state index in [0.29, 0.717) is 16.1 Å². The van der Waals surface area contributed by atoms with Gasteiger partial charge >= 0.3 is 6.18 Å². The van der Waals surface area contributed by atoms with Crippen LogP contribution >= 0.6 is 23.1 Å². The lowest BCUT2D eigenvalue weighted by atomic mass is 10.2. The van der Waals surface area contributed by atoms with Crippen LogP contribution in [0.2, 0.25) is 0 Å². The Kier molecular flexibility index (Phi) is 9.64. The van der Waals surface area contributed by atoms with Gasteiger partial charge in [-0.2, -0.15) is 13.2 Å². The lowest BCUT2D eigenvalue weighted by Gasteiger charge is -2.14. The van der Waals surface area contributed by atoms with E-state index in [1.165, 1.54) is 35.2 Å². The highest BCUT2D eigenvalue weighted by atomic mass is 32.2. The van der Waals surface area contributed by atoms with Crippen LogP contribution in [0.25, 0.3) is 6.08 Å². The summed E-state index contributed by atoms with van der Waals surface area (Å²) in [5, 5.41) is 9.21. The average molecular weight is 596 g/mol. The Bertz CT molecular complexity index is 1540. The summed E-state index contributed by atoms with van der Waals surface area (Å²) in [5.41, 5.74) is 0.151. The van der Waals surface area contributed by atoms with Crippen molar-refractivity contribution < 1.29 is 27.6 Å². The second kappa shape index (κ2) is 13.3. The van der Waals surface area contributed by atoms with Gasteiger partial charge in [0.2, 0.25) is 5.91 Å². The van der Waals surface area contributed by atoms with Crippen LogP contribution in [-0.2, 0) is 15.8 Å². The molecule has 6 nitrogen and oxygen atoms in total. The highest BCUT2D eigenvalue weighted by molar-refractivity contribution is 8.00. The SMILES string of the molecule is CC(Sc1ccc(NC(=O)/C(=C/c2cccs2)NC(=O)c2ccccc2)cc1)C(=O)Nc1cccc(C(F)(F)F)c1. The summed E-state index contributed by atoms with van der Waals surface area (Å²) in [4.78, 5) is 39.9. The largest absolute Gasteiger partial charge is 0.416 e. The lowest BCUT2D eigenvalue weighted by molar-refractivity contribution is -0.137. The molecule has 3 N–H and O–H groups in total. The summed E-state index contributed by atoms with van der Waals surface area (Å²) in [5.74, 6) is -1.39. The second-order valence-electron chi connectivity index (χ2n) is 8.70. The summed E-state index contributed by atoms with van der Waals surface area (Å²) >= 11 is 2.63. The first-order valence-corrected chi connectivity index (χ1v) is 14.0. The van der Waals surface area contributed by atoms with Crippen molar-refractivity contribution in [3.8, 4) is 0 Å². The molecule has 0 bridgehead atoms. The minimum atomic E-state index is -4.51. The number of hydrogen-bond acceptors (Lipinski definition) is 5. The molecular weight excluding hydrogens is 571 g/mol. The molecule has 4 rings (SSSR count). The van der Waals surface area contributed by atoms with Crippen molar-refractivity contribution in [3.05, 3.63) is 118 Å². The van der Waals surface area contributed by atoms with Gasteiger partial charge in [-0.3, -0.25) is 14.4 Å². The van der Waals surface area contributed by atoms with Crippen molar-refractivity contribution in [1.82, 2.24) is 5.32 Å². The molecule has 4 aromatic rings. The van der Waals surface area contributed by atoms with Gasteiger partial charge in [-0.1, -0.05) is 30.3 Å². The van der Waals surface area contributed by atoms with Crippen molar-refractivity contribution in [2.45, 2.75) is 23.2 Å². The summed E-state index contributed by atoms with van der Waals surface area (Å²) in [6.07, 6.45) is -2.91. The molecule has 0 aliphatic heterocycles. The molecule has 1 unspecified atom stereocenters. The van der Waals surface area contributed by atoms with Crippen LogP contribution in [0.5, 0.6) is 0 Å². The van der Waals surface area contributed by atoms with Crippen LogP contribution in [0, 0.1) is 0 Å². The molecule has 0 fully saturated rings. The molecule has 0 aliphatic rings. The summed E-state index contributed by atoms with van der Waals surface area (Å²) < 4.78 is 38.9. The molecule has 210 valence electrons. The fourth-order valence-electron chi connectivity index (χ4n) is 3.55. The Hall–Kier alpha value is -4.35. The van der Waals surface area contributed by atoms with E-state index in [0.717, 1.165) is 17.0 Å². The van der Waals surface area contributed by atoms with Crippen LogP contribution in [-0.4, -0.2) is 23.0 Å². The van der Waals surface area contributed by atoms with Crippen LogP contribution in [0.15, 0.2) is 107 Å². The number of benzene rings is 3.